The van der Waals surface area contributed by atoms with E-state index in [1.54, 1.807) is 12.1 Å². The summed E-state index contributed by atoms with van der Waals surface area (Å²) in [7, 11) is 2.89. The number of carbonyl (C=O) groups is 1. The largest absolute Gasteiger partial charge is 0.278 e. The highest BCUT2D eigenvalue weighted by atomic mass is 19.1. The summed E-state index contributed by atoms with van der Waals surface area (Å²) < 4.78 is 13.0. The normalized spacial score (nSPS) is 10.5. The summed E-state index contributed by atoms with van der Waals surface area (Å²) in [6.07, 6.45) is 1.44. The molecule has 88 valence electrons. The number of hydroxylamine groups is 2. The smallest absolute Gasteiger partial charge is 0.274 e. The van der Waals surface area contributed by atoms with Crippen LogP contribution in [0.25, 0.3) is 10.9 Å². The molecule has 5 heteroatoms. The average Bonchev–Trinajstić information content (AvgIpc) is 2.36. The molecule has 0 saturated carbocycles. The first kappa shape index (κ1) is 11.5. The molecule has 1 amide bonds. The Bertz CT molecular complexity index is 571. The van der Waals surface area contributed by atoms with Crippen molar-refractivity contribution in [1.82, 2.24) is 10.0 Å². The van der Waals surface area contributed by atoms with Gasteiger partial charge in [-0.2, -0.15) is 0 Å². The van der Waals surface area contributed by atoms with Gasteiger partial charge in [0, 0.05) is 18.6 Å². The maximum atomic E-state index is 13.0. The van der Waals surface area contributed by atoms with Gasteiger partial charge < -0.3 is 0 Å². The van der Waals surface area contributed by atoms with Crippen molar-refractivity contribution in [3.63, 3.8) is 0 Å². The van der Waals surface area contributed by atoms with Gasteiger partial charge in [-0.3, -0.25) is 14.6 Å². The van der Waals surface area contributed by atoms with E-state index in [-0.39, 0.29) is 11.7 Å². The Morgan fingerprint density at radius 3 is 2.88 bits per heavy atom. The Balaban J connectivity index is 2.47. The molecule has 0 N–H and O–H groups in total. The summed E-state index contributed by atoms with van der Waals surface area (Å²) in [5.74, 6) is -0.685. The van der Waals surface area contributed by atoms with Gasteiger partial charge >= 0.3 is 0 Å². The van der Waals surface area contributed by atoms with Crippen LogP contribution < -0.4 is 0 Å². The van der Waals surface area contributed by atoms with Crippen LogP contribution in [0, 0.1) is 5.82 Å². The van der Waals surface area contributed by atoms with E-state index in [2.05, 4.69) is 4.98 Å². The van der Waals surface area contributed by atoms with Crippen LogP contribution in [0.15, 0.2) is 30.5 Å². The third-order valence-corrected chi connectivity index (χ3v) is 2.45. The van der Waals surface area contributed by atoms with E-state index in [0.29, 0.717) is 16.5 Å². The first-order valence-corrected chi connectivity index (χ1v) is 4.99. The molecule has 4 nitrogen and oxygen atoms in total. The molecule has 1 aromatic heterocycles. The van der Waals surface area contributed by atoms with Gasteiger partial charge in [-0.15, -0.1) is 0 Å². The minimum atomic E-state index is -0.357. The number of aromatic nitrogens is 1. The Morgan fingerprint density at radius 2 is 2.18 bits per heavy atom. The van der Waals surface area contributed by atoms with Gasteiger partial charge in [-0.25, -0.2) is 9.45 Å². The zero-order valence-electron chi connectivity index (χ0n) is 9.48. The van der Waals surface area contributed by atoms with Crippen LogP contribution in [-0.4, -0.2) is 30.1 Å². The summed E-state index contributed by atoms with van der Waals surface area (Å²) in [6.45, 7) is 0. The summed E-state index contributed by atoms with van der Waals surface area (Å²) in [4.78, 5) is 20.6. The van der Waals surface area contributed by atoms with Gasteiger partial charge in [0.1, 0.15) is 5.82 Å². The number of carbonyl (C=O) groups excluding carboxylic acids is 1. The molecule has 0 unspecified atom stereocenters. The minimum Gasteiger partial charge on any atom is -0.274 e. The predicted molar refractivity (Wildman–Crippen MR) is 60.8 cm³/mol. The van der Waals surface area contributed by atoms with E-state index in [1.165, 1.54) is 32.5 Å². The van der Waals surface area contributed by atoms with Crippen molar-refractivity contribution in [3.8, 4) is 0 Å². The van der Waals surface area contributed by atoms with Crippen molar-refractivity contribution in [2.45, 2.75) is 0 Å². The van der Waals surface area contributed by atoms with Crippen LogP contribution in [-0.2, 0) is 4.84 Å². The highest BCUT2D eigenvalue weighted by molar-refractivity contribution is 5.96. The van der Waals surface area contributed by atoms with Gasteiger partial charge in [0.25, 0.3) is 5.91 Å². The lowest BCUT2D eigenvalue weighted by Crippen LogP contribution is -2.25. The van der Waals surface area contributed by atoms with Crippen molar-refractivity contribution >= 4 is 16.8 Å². The second kappa shape index (κ2) is 4.47. The van der Waals surface area contributed by atoms with Crippen molar-refractivity contribution in [2.24, 2.45) is 0 Å². The second-order valence-electron chi connectivity index (χ2n) is 3.55. The molecule has 1 heterocycles. The molecular formula is C12H11FN2O2. The highest BCUT2D eigenvalue weighted by Crippen LogP contribution is 2.15. The fraction of sp³-hybridized carbons (Fsp3) is 0.167. The second-order valence-corrected chi connectivity index (χ2v) is 3.55. The number of pyridine rings is 1. The number of hydrogen-bond donors (Lipinski definition) is 0. The summed E-state index contributed by atoms with van der Waals surface area (Å²) in [5.41, 5.74) is 0.996. The number of fused-ring (bicyclic) bond motifs is 1. The minimum absolute atomic E-state index is 0.328. The molecule has 0 atom stereocenters. The fourth-order valence-corrected chi connectivity index (χ4v) is 1.48. The van der Waals surface area contributed by atoms with Gasteiger partial charge in [-0.05, 0) is 24.3 Å². The van der Waals surface area contributed by atoms with Crippen LogP contribution >= 0.6 is 0 Å². The van der Waals surface area contributed by atoms with Crippen LogP contribution in [0.2, 0.25) is 0 Å². The van der Waals surface area contributed by atoms with Gasteiger partial charge in [0.05, 0.1) is 18.2 Å². The van der Waals surface area contributed by atoms with E-state index in [4.69, 9.17) is 4.84 Å². The number of halogens is 1. The van der Waals surface area contributed by atoms with E-state index in [1.807, 2.05) is 0 Å². The van der Waals surface area contributed by atoms with E-state index < -0.39 is 0 Å². The molecule has 0 aliphatic rings. The molecule has 2 rings (SSSR count). The molecule has 0 aliphatic carbocycles. The van der Waals surface area contributed by atoms with Gasteiger partial charge in [0.15, 0.2) is 0 Å². The summed E-state index contributed by atoms with van der Waals surface area (Å²) in [6, 6.07) is 5.83. The van der Waals surface area contributed by atoms with Crippen LogP contribution in [0.4, 0.5) is 4.39 Å². The topological polar surface area (TPSA) is 42.4 Å². The average molecular weight is 234 g/mol. The number of benzene rings is 1. The number of amides is 1. The lowest BCUT2D eigenvalue weighted by molar-refractivity contribution is -0.0757. The van der Waals surface area contributed by atoms with Crippen molar-refractivity contribution in [2.75, 3.05) is 14.2 Å². The van der Waals surface area contributed by atoms with Crippen molar-refractivity contribution < 1.29 is 14.0 Å². The number of nitrogens with zero attached hydrogens (tertiary/aromatic N) is 2. The summed E-state index contributed by atoms with van der Waals surface area (Å²) >= 11 is 0. The summed E-state index contributed by atoms with van der Waals surface area (Å²) in [5, 5.41) is 1.67. The first-order chi connectivity index (χ1) is 8.11. The van der Waals surface area contributed by atoms with Crippen LogP contribution in [0.3, 0.4) is 0 Å². The zero-order chi connectivity index (χ0) is 12.4. The molecule has 0 radical (unpaired) electrons. The van der Waals surface area contributed by atoms with E-state index in [0.717, 1.165) is 5.06 Å². The Morgan fingerprint density at radius 1 is 1.41 bits per heavy atom. The van der Waals surface area contributed by atoms with Crippen molar-refractivity contribution in [1.29, 1.82) is 0 Å². The van der Waals surface area contributed by atoms with Crippen molar-refractivity contribution in [3.05, 3.63) is 41.8 Å². The molecule has 0 saturated heterocycles. The van der Waals surface area contributed by atoms with E-state index >= 15 is 0 Å². The molecule has 1 aromatic carbocycles. The lowest BCUT2D eigenvalue weighted by atomic mass is 10.1. The molecule has 0 spiro atoms. The van der Waals surface area contributed by atoms with Gasteiger partial charge in [-0.1, -0.05) is 0 Å². The maximum absolute atomic E-state index is 13.0. The number of rotatable bonds is 2. The molecule has 0 fully saturated rings. The van der Waals surface area contributed by atoms with Crippen LogP contribution in [0.5, 0.6) is 0 Å². The molecular weight excluding hydrogens is 223 g/mol. The predicted octanol–water partition coefficient (Wildman–Crippen LogP) is 2.01. The highest BCUT2D eigenvalue weighted by Gasteiger charge is 2.12. The third-order valence-electron chi connectivity index (χ3n) is 2.45. The third kappa shape index (κ3) is 2.24. The molecule has 0 bridgehead atoms. The lowest BCUT2D eigenvalue weighted by Gasteiger charge is -2.13. The monoisotopic (exact) mass is 234 g/mol. The SMILES string of the molecule is CON(C)C(=O)c1cnc2ccc(F)cc2c1. The zero-order valence-corrected chi connectivity index (χ0v) is 9.48. The number of hydrogen-bond acceptors (Lipinski definition) is 3. The van der Waals surface area contributed by atoms with Crippen LogP contribution in [0.1, 0.15) is 10.4 Å². The molecule has 0 aliphatic heterocycles. The maximum Gasteiger partial charge on any atom is 0.278 e. The van der Waals surface area contributed by atoms with Gasteiger partial charge in [0.2, 0.25) is 0 Å². The Hall–Kier alpha value is -2.01. The molecule has 2 aromatic rings. The fourth-order valence-electron chi connectivity index (χ4n) is 1.48. The quantitative estimate of drug-likeness (QED) is 0.746. The van der Waals surface area contributed by atoms with E-state index in [9.17, 15) is 9.18 Å². The Kier molecular flexibility index (Phi) is 3.01. The first-order valence-electron chi connectivity index (χ1n) is 4.99. The molecule has 17 heavy (non-hydrogen) atoms. The Labute approximate surface area is 97.6 Å². The standard InChI is InChI=1S/C12H11FN2O2/c1-15(17-2)12(16)9-5-8-6-10(13)3-4-11(8)14-7-9/h3-7H,1-2H3.